The Morgan fingerprint density at radius 1 is 1.00 bits per heavy atom. The first-order chi connectivity index (χ1) is 14.1. The van der Waals surface area contributed by atoms with Crippen LogP contribution in [-0.4, -0.2) is 33.4 Å². The van der Waals surface area contributed by atoms with Crippen molar-refractivity contribution >= 4 is 22.8 Å². The van der Waals surface area contributed by atoms with E-state index in [1.807, 2.05) is 31.3 Å². The van der Waals surface area contributed by atoms with Gasteiger partial charge in [-0.2, -0.15) is 10.1 Å². The lowest BCUT2D eigenvalue weighted by Crippen LogP contribution is -2.31. The van der Waals surface area contributed by atoms with Crippen molar-refractivity contribution < 1.29 is 4.74 Å². The maximum atomic E-state index is 6.31. The monoisotopic (exact) mass is 386 g/mol. The van der Waals surface area contributed by atoms with Crippen molar-refractivity contribution in [2.75, 3.05) is 24.3 Å². The molecule has 0 unspecified atom stereocenters. The van der Waals surface area contributed by atoms with Gasteiger partial charge in [-0.05, 0) is 41.8 Å². The van der Waals surface area contributed by atoms with Crippen molar-refractivity contribution in [3.63, 3.8) is 0 Å². The topological polar surface area (TPSA) is 82.1 Å². The third kappa shape index (κ3) is 2.95. The average molecular weight is 386 g/mol. The predicted octanol–water partition coefficient (Wildman–Crippen LogP) is 3.18. The molecular weight excluding hydrogens is 364 g/mol. The summed E-state index contributed by atoms with van der Waals surface area (Å²) in [5, 5.41) is 5.30. The first-order valence-corrected chi connectivity index (χ1v) is 9.60. The van der Waals surface area contributed by atoms with Gasteiger partial charge in [0.15, 0.2) is 5.65 Å². The molecule has 29 heavy (non-hydrogen) atoms. The highest BCUT2D eigenvalue weighted by atomic mass is 16.5. The number of ether oxygens (including phenoxy) is 1. The number of aromatic nitrogens is 4. The molecule has 1 aliphatic heterocycles. The summed E-state index contributed by atoms with van der Waals surface area (Å²) >= 11 is 0. The lowest BCUT2D eigenvalue weighted by Gasteiger charge is -2.29. The van der Waals surface area contributed by atoms with E-state index in [1.54, 1.807) is 11.8 Å². The second kappa shape index (κ2) is 6.77. The van der Waals surface area contributed by atoms with Crippen molar-refractivity contribution in [2.24, 2.45) is 7.05 Å². The molecule has 7 heteroatoms. The van der Waals surface area contributed by atoms with E-state index in [9.17, 15) is 0 Å². The van der Waals surface area contributed by atoms with Gasteiger partial charge in [0.25, 0.3) is 0 Å². The summed E-state index contributed by atoms with van der Waals surface area (Å²) in [6.07, 6.45) is 0.972. The highest BCUT2D eigenvalue weighted by Crippen LogP contribution is 2.33. The van der Waals surface area contributed by atoms with E-state index in [0.717, 1.165) is 41.9 Å². The van der Waals surface area contributed by atoms with Crippen LogP contribution in [0.5, 0.6) is 5.75 Å². The number of anilines is 2. The Hall–Kier alpha value is -3.61. The maximum Gasteiger partial charge on any atom is 0.228 e. The molecule has 2 aromatic carbocycles. The fourth-order valence-electron chi connectivity index (χ4n) is 3.87. The minimum atomic E-state index is 0.557. The van der Waals surface area contributed by atoms with Crippen molar-refractivity contribution in [1.29, 1.82) is 0 Å². The lowest BCUT2D eigenvalue weighted by atomic mass is 10.0. The van der Waals surface area contributed by atoms with E-state index in [1.165, 1.54) is 11.1 Å². The van der Waals surface area contributed by atoms with Gasteiger partial charge in [0.1, 0.15) is 11.6 Å². The van der Waals surface area contributed by atoms with Crippen LogP contribution in [0.3, 0.4) is 0 Å². The van der Waals surface area contributed by atoms with Crippen LogP contribution in [0.15, 0.2) is 48.5 Å². The Labute approximate surface area is 168 Å². The van der Waals surface area contributed by atoms with E-state index in [0.29, 0.717) is 17.4 Å². The molecule has 7 nitrogen and oxygen atoms in total. The molecule has 2 aromatic heterocycles. The van der Waals surface area contributed by atoms with Crippen LogP contribution in [0.4, 0.5) is 11.8 Å². The van der Waals surface area contributed by atoms with Crippen LogP contribution in [-0.2, 0) is 20.0 Å². The van der Waals surface area contributed by atoms with Gasteiger partial charge in [-0.3, -0.25) is 4.68 Å². The second-order valence-corrected chi connectivity index (χ2v) is 7.25. The van der Waals surface area contributed by atoms with E-state index < -0.39 is 0 Å². The van der Waals surface area contributed by atoms with Crippen LogP contribution in [0.1, 0.15) is 11.1 Å². The number of nitrogens with two attached hydrogens (primary N) is 1. The summed E-state index contributed by atoms with van der Waals surface area (Å²) in [4.78, 5) is 11.9. The number of hydrogen-bond donors (Lipinski definition) is 1. The summed E-state index contributed by atoms with van der Waals surface area (Å²) in [6.45, 7) is 1.65. The maximum absolute atomic E-state index is 6.31. The van der Waals surface area contributed by atoms with Crippen LogP contribution in [0.2, 0.25) is 0 Å². The van der Waals surface area contributed by atoms with Crippen LogP contribution < -0.4 is 15.4 Å². The molecule has 0 fully saturated rings. The van der Waals surface area contributed by atoms with Crippen molar-refractivity contribution in [3.8, 4) is 17.0 Å². The van der Waals surface area contributed by atoms with E-state index in [-0.39, 0.29) is 0 Å². The molecule has 146 valence electrons. The molecule has 2 N–H and O–H groups in total. The molecule has 5 rings (SSSR count). The third-order valence-electron chi connectivity index (χ3n) is 5.50. The number of rotatable bonds is 3. The molecular formula is C22H22N6O. The van der Waals surface area contributed by atoms with Gasteiger partial charge in [-0.1, -0.05) is 24.3 Å². The molecule has 3 heterocycles. The Bertz CT molecular complexity index is 1200. The fraction of sp³-hybridized carbons (Fsp3) is 0.227. The number of hydrogen-bond acceptors (Lipinski definition) is 6. The van der Waals surface area contributed by atoms with Gasteiger partial charge in [-0.25, -0.2) is 4.98 Å². The quantitative estimate of drug-likeness (QED) is 0.582. The van der Waals surface area contributed by atoms with Gasteiger partial charge in [0.05, 0.1) is 18.2 Å². The minimum absolute atomic E-state index is 0.557. The Balaban J connectivity index is 1.64. The molecule has 4 aromatic rings. The lowest BCUT2D eigenvalue weighted by molar-refractivity contribution is 0.415. The molecule has 0 aliphatic carbocycles. The summed E-state index contributed by atoms with van der Waals surface area (Å²) in [5.41, 5.74) is 11.4. The predicted molar refractivity (Wildman–Crippen MR) is 114 cm³/mol. The van der Waals surface area contributed by atoms with Crippen molar-refractivity contribution in [1.82, 2.24) is 19.7 Å². The van der Waals surface area contributed by atoms with Crippen molar-refractivity contribution in [3.05, 3.63) is 59.7 Å². The van der Waals surface area contributed by atoms with Crippen molar-refractivity contribution in [2.45, 2.75) is 13.0 Å². The van der Waals surface area contributed by atoms with E-state index in [4.69, 9.17) is 20.4 Å². The molecule has 0 bridgehead atoms. The molecule has 0 radical (unpaired) electrons. The highest BCUT2D eigenvalue weighted by Gasteiger charge is 2.22. The SMILES string of the molecule is COc1ccc(-c2nc(N3CCc4ccccc4C3)nc3nn(C)c(N)c23)cc1. The summed E-state index contributed by atoms with van der Waals surface area (Å²) in [7, 11) is 3.48. The molecule has 1 aliphatic rings. The average Bonchev–Trinajstić information content (AvgIpc) is 3.06. The number of fused-ring (bicyclic) bond motifs is 2. The van der Waals surface area contributed by atoms with Crippen LogP contribution in [0.25, 0.3) is 22.3 Å². The summed E-state index contributed by atoms with van der Waals surface area (Å²) < 4.78 is 6.94. The second-order valence-electron chi connectivity index (χ2n) is 7.25. The molecule has 0 saturated heterocycles. The normalized spacial score (nSPS) is 13.5. The van der Waals surface area contributed by atoms with Gasteiger partial charge < -0.3 is 15.4 Å². The smallest absolute Gasteiger partial charge is 0.228 e. The molecule has 0 amide bonds. The van der Waals surface area contributed by atoms with Crippen LogP contribution in [0, 0.1) is 0 Å². The minimum Gasteiger partial charge on any atom is -0.497 e. The Morgan fingerprint density at radius 2 is 1.76 bits per heavy atom. The van der Waals surface area contributed by atoms with E-state index in [2.05, 4.69) is 34.3 Å². The number of nitrogen functional groups attached to an aromatic ring is 1. The Kier molecular flexibility index (Phi) is 4.08. The first kappa shape index (κ1) is 17.5. The highest BCUT2D eigenvalue weighted by molar-refractivity contribution is 5.99. The Morgan fingerprint density at radius 3 is 2.52 bits per heavy atom. The first-order valence-electron chi connectivity index (χ1n) is 9.60. The largest absolute Gasteiger partial charge is 0.497 e. The number of methoxy groups -OCH3 is 1. The van der Waals surface area contributed by atoms with Gasteiger partial charge in [0.2, 0.25) is 5.95 Å². The molecule has 0 atom stereocenters. The zero-order valence-electron chi connectivity index (χ0n) is 16.5. The molecule has 0 spiro atoms. The fourth-order valence-corrected chi connectivity index (χ4v) is 3.87. The third-order valence-corrected chi connectivity index (χ3v) is 5.50. The number of benzene rings is 2. The van der Waals surface area contributed by atoms with Gasteiger partial charge >= 0.3 is 0 Å². The number of aryl methyl sites for hydroxylation is 1. The zero-order chi connectivity index (χ0) is 20.0. The summed E-state index contributed by atoms with van der Waals surface area (Å²) in [5.74, 6) is 2.03. The van der Waals surface area contributed by atoms with Crippen LogP contribution >= 0.6 is 0 Å². The standard InChI is InChI=1S/C22H22N6O/c1-27-20(23)18-19(15-7-9-17(29-2)10-8-15)24-22(25-21(18)26-27)28-12-11-14-5-3-4-6-16(14)13-28/h3-10H,11-13,23H2,1-2H3. The molecule has 0 saturated carbocycles. The van der Waals surface area contributed by atoms with Gasteiger partial charge in [-0.15, -0.1) is 0 Å². The van der Waals surface area contributed by atoms with Gasteiger partial charge in [0, 0.05) is 25.7 Å². The van der Waals surface area contributed by atoms with E-state index >= 15 is 0 Å². The zero-order valence-corrected chi connectivity index (χ0v) is 16.5. The number of nitrogens with zero attached hydrogens (tertiary/aromatic N) is 5. The summed E-state index contributed by atoms with van der Waals surface area (Å²) in [6, 6.07) is 16.4.